The number of esters is 1. The number of likely N-dealkylation sites (N-methyl/N-ethyl adjacent to an activating group) is 1. The molecular formula is C16H18N4O3. The van der Waals surface area contributed by atoms with Gasteiger partial charge in [-0.1, -0.05) is 12.1 Å². The first-order valence-electron chi connectivity index (χ1n) is 6.99. The van der Waals surface area contributed by atoms with Crippen molar-refractivity contribution >= 4 is 18.0 Å². The van der Waals surface area contributed by atoms with Crippen LogP contribution in [0.1, 0.15) is 27.6 Å². The highest BCUT2D eigenvalue weighted by atomic mass is 16.5. The van der Waals surface area contributed by atoms with Crippen molar-refractivity contribution in [2.75, 3.05) is 14.2 Å². The Morgan fingerprint density at radius 2 is 2.00 bits per heavy atom. The van der Waals surface area contributed by atoms with Crippen LogP contribution in [0.2, 0.25) is 0 Å². The van der Waals surface area contributed by atoms with Gasteiger partial charge in [0.1, 0.15) is 5.82 Å². The third-order valence-corrected chi connectivity index (χ3v) is 3.15. The molecule has 0 fully saturated rings. The summed E-state index contributed by atoms with van der Waals surface area (Å²) in [7, 11) is 3.01. The normalized spacial score (nSPS) is 10.7. The first kappa shape index (κ1) is 16.4. The van der Waals surface area contributed by atoms with Gasteiger partial charge in [-0.2, -0.15) is 5.10 Å². The van der Waals surface area contributed by atoms with E-state index in [1.807, 2.05) is 0 Å². The molecule has 0 saturated heterocycles. The van der Waals surface area contributed by atoms with Crippen LogP contribution < -0.4 is 0 Å². The van der Waals surface area contributed by atoms with E-state index in [-0.39, 0.29) is 5.91 Å². The van der Waals surface area contributed by atoms with Gasteiger partial charge in [0.2, 0.25) is 5.91 Å². The van der Waals surface area contributed by atoms with Crippen molar-refractivity contribution in [2.45, 2.75) is 13.5 Å². The summed E-state index contributed by atoms with van der Waals surface area (Å²) in [5.41, 5.74) is 1.28. The molecule has 0 unspecified atom stereocenters. The smallest absolute Gasteiger partial charge is 0.337 e. The number of nitrogens with zero attached hydrogens (tertiary/aromatic N) is 3. The number of rotatable bonds is 5. The fourth-order valence-electron chi connectivity index (χ4n) is 1.89. The summed E-state index contributed by atoms with van der Waals surface area (Å²) in [4.78, 5) is 29.1. The van der Waals surface area contributed by atoms with Crippen molar-refractivity contribution < 1.29 is 14.3 Å². The number of benzene rings is 1. The molecule has 2 rings (SSSR count). The van der Waals surface area contributed by atoms with E-state index >= 15 is 0 Å². The lowest BCUT2D eigenvalue weighted by atomic mass is 10.1. The van der Waals surface area contributed by atoms with E-state index in [0.29, 0.717) is 23.8 Å². The summed E-state index contributed by atoms with van der Waals surface area (Å²) in [6, 6.07) is 6.79. The number of carbonyl (C=O) groups is 2. The molecular weight excluding hydrogens is 296 g/mol. The molecule has 0 spiro atoms. The fraction of sp³-hybridized carbons (Fsp3) is 0.250. The van der Waals surface area contributed by atoms with Crippen LogP contribution in [0.15, 0.2) is 30.3 Å². The van der Waals surface area contributed by atoms with E-state index in [1.54, 1.807) is 44.3 Å². The number of amides is 1. The molecule has 0 radical (unpaired) electrons. The highest BCUT2D eigenvalue weighted by Crippen LogP contribution is 2.08. The quantitative estimate of drug-likeness (QED) is 0.668. The zero-order valence-corrected chi connectivity index (χ0v) is 13.2. The third-order valence-electron chi connectivity index (χ3n) is 3.15. The maximum atomic E-state index is 12.0. The van der Waals surface area contributed by atoms with Crippen LogP contribution in [0, 0.1) is 6.92 Å². The van der Waals surface area contributed by atoms with Gasteiger partial charge in [-0.15, -0.1) is 0 Å². The zero-order valence-electron chi connectivity index (χ0n) is 13.2. The number of H-pyrrole nitrogens is 1. The molecule has 120 valence electrons. The molecule has 0 aliphatic carbocycles. The van der Waals surface area contributed by atoms with E-state index in [0.717, 1.165) is 5.56 Å². The standard InChI is InChI=1S/C16H18N4O3/c1-11-17-14(19-18-11)10-20(2)15(21)9-6-12-4-7-13(8-5-12)16(22)23-3/h4-9H,10H2,1-3H3,(H,17,18,19). The number of carbonyl (C=O) groups excluding carboxylic acids is 2. The Morgan fingerprint density at radius 1 is 1.30 bits per heavy atom. The van der Waals surface area contributed by atoms with Crippen molar-refractivity contribution in [3.05, 3.63) is 53.1 Å². The lowest BCUT2D eigenvalue weighted by Crippen LogP contribution is -2.24. The second-order valence-corrected chi connectivity index (χ2v) is 4.98. The van der Waals surface area contributed by atoms with Gasteiger partial charge in [-0.05, 0) is 30.7 Å². The molecule has 7 heteroatoms. The predicted octanol–water partition coefficient (Wildman–Crippen LogP) is 1.57. The Bertz CT molecular complexity index is 719. The Balaban J connectivity index is 1.95. The Kier molecular flexibility index (Phi) is 5.24. The predicted molar refractivity (Wildman–Crippen MR) is 84.4 cm³/mol. The van der Waals surface area contributed by atoms with Crippen molar-refractivity contribution in [1.29, 1.82) is 0 Å². The monoisotopic (exact) mass is 314 g/mol. The molecule has 0 aliphatic heterocycles. The first-order valence-corrected chi connectivity index (χ1v) is 6.99. The molecule has 23 heavy (non-hydrogen) atoms. The number of aryl methyl sites for hydroxylation is 1. The molecule has 1 heterocycles. The van der Waals surface area contributed by atoms with Crippen LogP contribution in [-0.2, 0) is 16.1 Å². The molecule has 0 aliphatic rings. The van der Waals surface area contributed by atoms with Crippen LogP contribution in [0.4, 0.5) is 0 Å². The van der Waals surface area contributed by atoms with Gasteiger partial charge < -0.3 is 9.64 Å². The van der Waals surface area contributed by atoms with Crippen LogP contribution in [0.25, 0.3) is 6.08 Å². The van der Waals surface area contributed by atoms with E-state index < -0.39 is 5.97 Å². The SMILES string of the molecule is COC(=O)c1ccc(C=CC(=O)N(C)Cc2n[nH]c(C)n2)cc1. The highest BCUT2D eigenvalue weighted by molar-refractivity contribution is 5.92. The summed E-state index contributed by atoms with van der Waals surface area (Å²) in [6.07, 6.45) is 3.15. The van der Waals surface area contributed by atoms with Gasteiger partial charge in [0, 0.05) is 13.1 Å². The Labute approximate surface area is 134 Å². The lowest BCUT2D eigenvalue weighted by Gasteiger charge is -2.12. The van der Waals surface area contributed by atoms with Crippen LogP contribution in [-0.4, -0.2) is 46.1 Å². The van der Waals surface area contributed by atoms with Crippen molar-refractivity contribution in [3.63, 3.8) is 0 Å². The molecule has 1 amide bonds. The minimum absolute atomic E-state index is 0.163. The van der Waals surface area contributed by atoms with Gasteiger partial charge in [0.25, 0.3) is 0 Å². The van der Waals surface area contributed by atoms with Crippen molar-refractivity contribution in [2.24, 2.45) is 0 Å². The largest absolute Gasteiger partial charge is 0.465 e. The molecule has 1 aromatic carbocycles. The van der Waals surface area contributed by atoms with Crippen LogP contribution >= 0.6 is 0 Å². The number of hydrogen-bond acceptors (Lipinski definition) is 5. The molecule has 0 atom stereocenters. The molecule has 1 N–H and O–H groups in total. The van der Waals surface area contributed by atoms with Crippen LogP contribution in [0.3, 0.4) is 0 Å². The first-order chi connectivity index (χ1) is 11.0. The Morgan fingerprint density at radius 3 is 2.57 bits per heavy atom. The van der Waals surface area contributed by atoms with Gasteiger partial charge >= 0.3 is 5.97 Å². The number of nitrogens with one attached hydrogen (secondary N) is 1. The zero-order chi connectivity index (χ0) is 16.8. The van der Waals surface area contributed by atoms with E-state index in [9.17, 15) is 9.59 Å². The topological polar surface area (TPSA) is 88.2 Å². The van der Waals surface area contributed by atoms with Crippen molar-refractivity contribution in [1.82, 2.24) is 20.1 Å². The summed E-state index contributed by atoms with van der Waals surface area (Å²) in [6.45, 7) is 2.13. The molecule has 1 aromatic heterocycles. The van der Waals surface area contributed by atoms with E-state index in [4.69, 9.17) is 0 Å². The average molecular weight is 314 g/mol. The lowest BCUT2D eigenvalue weighted by molar-refractivity contribution is -0.125. The highest BCUT2D eigenvalue weighted by Gasteiger charge is 2.09. The van der Waals surface area contributed by atoms with E-state index in [2.05, 4.69) is 19.9 Å². The van der Waals surface area contributed by atoms with E-state index in [1.165, 1.54) is 18.1 Å². The summed E-state index contributed by atoms with van der Waals surface area (Å²) < 4.78 is 4.63. The maximum absolute atomic E-state index is 12.0. The van der Waals surface area contributed by atoms with Gasteiger partial charge in [0.05, 0.1) is 19.2 Å². The Hall–Kier alpha value is -2.96. The summed E-state index contributed by atoms with van der Waals surface area (Å²) in [5.74, 6) is 0.721. The number of aromatic nitrogens is 3. The van der Waals surface area contributed by atoms with Gasteiger partial charge in [-0.3, -0.25) is 9.89 Å². The molecule has 0 bridgehead atoms. The van der Waals surface area contributed by atoms with Gasteiger partial charge in [-0.25, -0.2) is 9.78 Å². The number of ether oxygens (including phenoxy) is 1. The average Bonchev–Trinajstić information content (AvgIpc) is 2.97. The number of aromatic amines is 1. The summed E-state index contributed by atoms with van der Waals surface area (Å²) in [5, 5.41) is 6.73. The van der Waals surface area contributed by atoms with Crippen LogP contribution in [0.5, 0.6) is 0 Å². The minimum atomic E-state index is -0.391. The second-order valence-electron chi connectivity index (χ2n) is 4.98. The maximum Gasteiger partial charge on any atom is 0.337 e. The molecule has 2 aromatic rings. The second kappa shape index (κ2) is 7.35. The minimum Gasteiger partial charge on any atom is -0.465 e. The number of hydrogen-bond donors (Lipinski definition) is 1. The summed E-state index contributed by atoms with van der Waals surface area (Å²) >= 11 is 0. The fourth-order valence-corrected chi connectivity index (χ4v) is 1.89. The van der Waals surface area contributed by atoms with Gasteiger partial charge in [0.15, 0.2) is 5.82 Å². The number of methoxy groups -OCH3 is 1. The molecule has 7 nitrogen and oxygen atoms in total. The van der Waals surface area contributed by atoms with Crippen molar-refractivity contribution in [3.8, 4) is 0 Å². The molecule has 0 saturated carbocycles. The third kappa shape index (κ3) is 4.50.